The molecule has 1 aromatic carbocycles. The molecule has 0 fully saturated rings. The van der Waals surface area contributed by atoms with Crippen molar-refractivity contribution in [1.29, 1.82) is 0 Å². The predicted molar refractivity (Wildman–Crippen MR) is 107 cm³/mol. The SMILES string of the molecule is CC[C@@H](C)c1ccc([C@@H](NCC(=O)NCC(=O)NC(C)C)C(C)C)cc1. The van der Waals surface area contributed by atoms with E-state index >= 15 is 0 Å². The van der Waals surface area contributed by atoms with Crippen LogP contribution in [0.15, 0.2) is 24.3 Å². The van der Waals surface area contributed by atoms with E-state index in [1.807, 2.05) is 13.8 Å². The van der Waals surface area contributed by atoms with Crippen molar-refractivity contribution in [2.75, 3.05) is 13.1 Å². The van der Waals surface area contributed by atoms with E-state index in [1.54, 1.807) is 0 Å². The third-order valence-electron chi connectivity index (χ3n) is 4.52. The van der Waals surface area contributed by atoms with E-state index in [0.717, 1.165) is 6.42 Å². The minimum absolute atomic E-state index is 0.00857. The molecule has 0 heterocycles. The highest BCUT2D eigenvalue weighted by molar-refractivity contribution is 5.85. The largest absolute Gasteiger partial charge is 0.352 e. The molecule has 2 amide bonds. The zero-order valence-corrected chi connectivity index (χ0v) is 17.1. The highest BCUT2D eigenvalue weighted by Gasteiger charge is 2.17. The first-order valence-electron chi connectivity index (χ1n) is 9.63. The highest BCUT2D eigenvalue weighted by Crippen LogP contribution is 2.25. The van der Waals surface area contributed by atoms with Crippen LogP contribution in [0.25, 0.3) is 0 Å². The van der Waals surface area contributed by atoms with Gasteiger partial charge in [-0.2, -0.15) is 0 Å². The van der Waals surface area contributed by atoms with Gasteiger partial charge in [0.1, 0.15) is 0 Å². The normalized spacial score (nSPS) is 13.5. The first kappa shape index (κ1) is 22.2. The summed E-state index contributed by atoms with van der Waals surface area (Å²) in [7, 11) is 0. The fourth-order valence-electron chi connectivity index (χ4n) is 2.82. The maximum Gasteiger partial charge on any atom is 0.239 e. The van der Waals surface area contributed by atoms with Gasteiger partial charge in [0.25, 0.3) is 0 Å². The topological polar surface area (TPSA) is 70.2 Å². The highest BCUT2D eigenvalue weighted by atomic mass is 16.2. The molecule has 146 valence electrons. The molecule has 2 atom stereocenters. The quantitative estimate of drug-likeness (QED) is 0.600. The summed E-state index contributed by atoms with van der Waals surface area (Å²) in [5.74, 6) is 0.555. The van der Waals surface area contributed by atoms with E-state index in [-0.39, 0.29) is 37.0 Å². The summed E-state index contributed by atoms with van der Waals surface area (Å²) in [6, 6.07) is 8.81. The van der Waals surface area contributed by atoms with Gasteiger partial charge in [-0.25, -0.2) is 0 Å². The van der Waals surface area contributed by atoms with Crippen LogP contribution in [0.2, 0.25) is 0 Å². The third kappa shape index (κ3) is 7.56. The van der Waals surface area contributed by atoms with Gasteiger partial charge >= 0.3 is 0 Å². The van der Waals surface area contributed by atoms with Crippen LogP contribution in [-0.4, -0.2) is 30.9 Å². The van der Waals surface area contributed by atoms with Crippen LogP contribution in [0.3, 0.4) is 0 Å². The molecule has 5 nitrogen and oxygen atoms in total. The van der Waals surface area contributed by atoms with Gasteiger partial charge in [-0.05, 0) is 43.2 Å². The number of rotatable bonds is 10. The molecule has 0 saturated carbocycles. The van der Waals surface area contributed by atoms with Crippen molar-refractivity contribution in [3.05, 3.63) is 35.4 Å². The second-order valence-electron chi connectivity index (χ2n) is 7.58. The van der Waals surface area contributed by atoms with E-state index in [1.165, 1.54) is 11.1 Å². The van der Waals surface area contributed by atoms with Crippen molar-refractivity contribution in [3.63, 3.8) is 0 Å². The molecule has 0 radical (unpaired) electrons. The van der Waals surface area contributed by atoms with Gasteiger partial charge in [0.2, 0.25) is 11.8 Å². The van der Waals surface area contributed by atoms with Crippen LogP contribution in [0.5, 0.6) is 0 Å². The van der Waals surface area contributed by atoms with E-state index < -0.39 is 0 Å². The summed E-state index contributed by atoms with van der Waals surface area (Å²) in [5, 5.41) is 8.72. The van der Waals surface area contributed by atoms with E-state index in [0.29, 0.717) is 11.8 Å². The Morgan fingerprint density at radius 3 is 1.96 bits per heavy atom. The van der Waals surface area contributed by atoms with Crippen molar-refractivity contribution >= 4 is 11.8 Å². The Morgan fingerprint density at radius 2 is 1.46 bits per heavy atom. The van der Waals surface area contributed by atoms with Gasteiger partial charge in [-0.1, -0.05) is 52.0 Å². The summed E-state index contributed by atoms with van der Waals surface area (Å²) < 4.78 is 0. The Labute approximate surface area is 158 Å². The fraction of sp³-hybridized carbons (Fsp3) is 0.619. The van der Waals surface area contributed by atoms with Crippen LogP contribution in [0, 0.1) is 5.92 Å². The molecule has 0 bridgehead atoms. The Kier molecular flexibility index (Phi) is 9.35. The summed E-state index contributed by atoms with van der Waals surface area (Å²) in [6.45, 7) is 12.7. The van der Waals surface area contributed by atoms with Crippen LogP contribution in [0.4, 0.5) is 0 Å². The number of hydrogen-bond donors (Lipinski definition) is 3. The second-order valence-corrected chi connectivity index (χ2v) is 7.58. The van der Waals surface area contributed by atoms with Gasteiger partial charge in [0, 0.05) is 12.1 Å². The minimum atomic E-state index is -0.175. The minimum Gasteiger partial charge on any atom is -0.352 e. The maximum absolute atomic E-state index is 12.0. The Bertz CT molecular complexity index is 567. The van der Waals surface area contributed by atoms with Crippen LogP contribution < -0.4 is 16.0 Å². The molecule has 0 aliphatic rings. The molecule has 0 aliphatic carbocycles. The standard InChI is InChI=1S/C21H35N3O2/c1-7-16(6)17-8-10-18(11-9-17)21(14(2)3)23-12-19(25)22-13-20(26)24-15(4)5/h8-11,14-16,21,23H,7,12-13H2,1-6H3,(H,22,25)(H,24,26)/t16-,21+/m1/s1. The lowest BCUT2D eigenvalue weighted by Gasteiger charge is -2.23. The Hall–Kier alpha value is -1.88. The molecule has 0 spiro atoms. The van der Waals surface area contributed by atoms with Crippen LogP contribution in [0.1, 0.15) is 71.0 Å². The van der Waals surface area contributed by atoms with Gasteiger partial charge in [-0.3, -0.25) is 9.59 Å². The average Bonchev–Trinajstić information content (AvgIpc) is 2.59. The summed E-state index contributed by atoms with van der Waals surface area (Å²) >= 11 is 0. The molecule has 26 heavy (non-hydrogen) atoms. The molecule has 0 aromatic heterocycles. The molecule has 0 saturated heterocycles. The first-order chi connectivity index (χ1) is 12.2. The van der Waals surface area contributed by atoms with E-state index in [9.17, 15) is 9.59 Å². The van der Waals surface area contributed by atoms with Crippen molar-refractivity contribution in [1.82, 2.24) is 16.0 Å². The van der Waals surface area contributed by atoms with Gasteiger partial charge in [0.05, 0.1) is 13.1 Å². The fourth-order valence-corrected chi connectivity index (χ4v) is 2.82. The molecule has 1 rings (SSSR count). The molecule has 1 aromatic rings. The Morgan fingerprint density at radius 1 is 0.885 bits per heavy atom. The monoisotopic (exact) mass is 361 g/mol. The van der Waals surface area contributed by atoms with Gasteiger partial charge in [-0.15, -0.1) is 0 Å². The zero-order valence-electron chi connectivity index (χ0n) is 17.1. The predicted octanol–water partition coefficient (Wildman–Crippen LogP) is 3.13. The van der Waals surface area contributed by atoms with Gasteiger partial charge in [0.15, 0.2) is 0 Å². The summed E-state index contributed by atoms with van der Waals surface area (Å²) in [4.78, 5) is 23.6. The number of amides is 2. The van der Waals surface area contributed by atoms with E-state index in [2.05, 4.69) is 67.9 Å². The molecule has 3 N–H and O–H groups in total. The van der Waals surface area contributed by atoms with Gasteiger partial charge < -0.3 is 16.0 Å². The summed E-state index contributed by atoms with van der Waals surface area (Å²) in [6.07, 6.45) is 1.12. The molecular weight excluding hydrogens is 326 g/mol. The smallest absolute Gasteiger partial charge is 0.239 e. The first-order valence-corrected chi connectivity index (χ1v) is 9.63. The second kappa shape index (κ2) is 11.0. The lowest BCUT2D eigenvalue weighted by molar-refractivity contribution is -0.126. The molecular formula is C21H35N3O2. The number of benzene rings is 1. The lowest BCUT2D eigenvalue weighted by atomic mass is 9.92. The Balaban J connectivity index is 2.58. The molecule has 5 heteroatoms. The number of carbonyl (C=O) groups excluding carboxylic acids is 2. The average molecular weight is 362 g/mol. The number of carbonyl (C=O) groups is 2. The van der Waals surface area contributed by atoms with Crippen LogP contribution >= 0.6 is 0 Å². The van der Waals surface area contributed by atoms with Crippen LogP contribution in [-0.2, 0) is 9.59 Å². The van der Waals surface area contributed by atoms with Crippen molar-refractivity contribution in [2.24, 2.45) is 5.92 Å². The summed E-state index contributed by atoms with van der Waals surface area (Å²) in [5.41, 5.74) is 2.52. The van der Waals surface area contributed by atoms with Crippen molar-refractivity contribution < 1.29 is 9.59 Å². The molecule has 0 unspecified atom stereocenters. The van der Waals surface area contributed by atoms with Crippen molar-refractivity contribution in [3.8, 4) is 0 Å². The third-order valence-corrected chi connectivity index (χ3v) is 4.52. The maximum atomic E-state index is 12.0. The molecule has 0 aliphatic heterocycles. The van der Waals surface area contributed by atoms with E-state index in [4.69, 9.17) is 0 Å². The van der Waals surface area contributed by atoms with Crippen molar-refractivity contribution in [2.45, 2.75) is 66.0 Å². The lowest BCUT2D eigenvalue weighted by Crippen LogP contribution is -2.43. The number of hydrogen-bond acceptors (Lipinski definition) is 3. The zero-order chi connectivity index (χ0) is 19.7. The number of nitrogens with one attached hydrogen (secondary N) is 3.